The first-order chi connectivity index (χ1) is 8.67. The molecule has 0 aromatic rings. The van der Waals surface area contributed by atoms with Gasteiger partial charge in [-0.3, -0.25) is 9.79 Å². The summed E-state index contributed by atoms with van der Waals surface area (Å²) in [5, 5.41) is 12.0. The van der Waals surface area contributed by atoms with Crippen molar-refractivity contribution in [2.45, 2.75) is 26.2 Å². The SMILES string of the molecule is CCNC(=NCCO)N1CCCC(CC(N)=O)C1. The third-order valence-corrected chi connectivity index (χ3v) is 3.00. The first-order valence-corrected chi connectivity index (χ1v) is 6.59. The van der Waals surface area contributed by atoms with E-state index in [9.17, 15) is 4.79 Å². The summed E-state index contributed by atoms with van der Waals surface area (Å²) in [4.78, 5) is 17.5. The fraction of sp³-hybridized carbons (Fsp3) is 0.833. The number of guanidine groups is 1. The van der Waals surface area contributed by atoms with Gasteiger partial charge in [0.15, 0.2) is 5.96 Å². The summed E-state index contributed by atoms with van der Waals surface area (Å²) < 4.78 is 0. The van der Waals surface area contributed by atoms with Crippen LogP contribution in [0.1, 0.15) is 26.2 Å². The number of carbonyl (C=O) groups is 1. The molecule has 0 aliphatic carbocycles. The maximum atomic E-state index is 11.0. The molecular weight excluding hydrogens is 232 g/mol. The number of hydrogen-bond donors (Lipinski definition) is 3. The average Bonchev–Trinajstić information content (AvgIpc) is 2.34. The number of aliphatic hydroxyl groups is 1. The van der Waals surface area contributed by atoms with Crippen LogP contribution in [0.2, 0.25) is 0 Å². The molecule has 1 fully saturated rings. The molecule has 0 spiro atoms. The van der Waals surface area contributed by atoms with Crippen LogP contribution in [0.25, 0.3) is 0 Å². The van der Waals surface area contributed by atoms with E-state index >= 15 is 0 Å². The van der Waals surface area contributed by atoms with Crippen LogP contribution < -0.4 is 11.1 Å². The molecule has 0 aromatic heterocycles. The van der Waals surface area contributed by atoms with Gasteiger partial charge in [-0.25, -0.2) is 0 Å². The van der Waals surface area contributed by atoms with E-state index in [4.69, 9.17) is 10.8 Å². The fourth-order valence-electron chi connectivity index (χ4n) is 2.29. The van der Waals surface area contributed by atoms with Gasteiger partial charge >= 0.3 is 0 Å². The van der Waals surface area contributed by atoms with E-state index in [2.05, 4.69) is 15.2 Å². The Hall–Kier alpha value is -1.30. The number of piperidine rings is 1. The zero-order chi connectivity index (χ0) is 13.4. The summed E-state index contributed by atoms with van der Waals surface area (Å²) in [5.74, 6) is 0.897. The number of carbonyl (C=O) groups excluding carboxylic acids is 1. The molecule has 1 saturated heterocycles. The fourth-order valence-corrected chi connectivity index (χ4v) is 2.29. The number of primary amides is 1. The second kappa shape index (κ2) is 7.92. The molecular formula is C12H24N4O2. The average molecular weight is 256 g/mol. The van der Waals surface area contributed by atoms with E-state index in [0.717, 1.165) is 38.4 Å². The van der Waals surface area contributed by atoms with Crippen molar-refractivity contribution in [2.75, 3.05) is 32.8 Å². The second-order valence-corrected chi connectivity index (χ2v) is 4.58. The lowest BCUT2D eigenvalue weighted by atomic mass is 9.95. The lowest BCUT2D eigenvalue weighted by Gasteiger charge is -2.34. The van der Waals surface area contributed by atoms with Crippen molar-refractivity contribution in [3.63, 3.8) is 0 Å². The largest absolute Gasteiger partial charge is 0.394 e. The minimum atomic E-state index is -0.237. The highest BCUT2D eigenvalue weighted by Crippen LogP contribution is 2.19. The zero-order valence-corrected chi connectivity index (χ0v) is 11.1. The van der Waals surface area contributed by atoms with Crippen LogP contribution in [0.15, 0.2) is 4.99 Å². The molecule has 1 unspecified atom stereocenters. The summed E-state index contributed by atoms with van der Waals surface area (Å²) in [7, 11) is 0. The van der Waals surface area contributed by atoms with Gasteiger partial charge in [0.1, 0.15) is 0 Å². The zero-order valence-electron chi connectivity index (χ0n) is 11.1. The van der Waals surface area contributed by atoms with E-state index in [1.54, 1.807) is 0 Å². The Kier molecular flexibility index (Phi) is 6.49. The van der Waals surface area contributed by atoms with Crippen molar-refractivity contribution in [3.05, 3.63) is 0 Å². The Morgan fingerprint density at radius 1 is 1.61 bits per heavy atom. The molecule has 1 atom stereocenters. The van der Waals surface area contributed by atoms with E-state index in [0.29, 0.717) is 18.9 Å². The van der Waals surface area contributed by atoms with Crippen LogP contribution in [0, 0.1) is 5.92 Å². The summed E-state index contributed by atoms with van der Waals surface area (Å²) in [6, 6.07) is 0. The maximum Gasteiger partial charge on any atom is 0.217 e. The van der Waals surface area contributed by atoms with Gasteiger partial charge in [0.2, 0.25) is 5.91 Å². The smallest absolute Gasteiger partial charge is 0.217 e. The molecule has 18 heavy (non-hydrogen) atoms. The highest BCUT2D eigenvalue weighted by Gasteiger charge is 2.23. The van der Waals surface area contributed by atoms with Gasteiger partial charge in [-0.2, -0.15) is 0 Å². The summed E-state index contributed by atoms with van der Waals surface area (Å²) in [5.41, 5.74) is 5.25. The standard InChI is InChI=1S/C12H24N4O2/c1-2-14-12(15-5-7-17)16-6-3-4-10(9-16)8-11(13)18/h10,17H,2-9H2,1H3,(H2,13,18)(H,14,15). The van der Waals surface area contributed by atoms with Crippen molar-refractivity contribution in [1.29, 1.82) is 0 Å². The van der Waals surface area contributed by atoms with Gasteiger partial charge in [0.25, 0.3) is 0 Å². The van der Waals surface area contributed by atoms with Crippen LogP contribution in [-0.4, -0.2) is 54.7 Å². The second-order valence-electron chi connectivity index (χ2n) is 4.58. The van der Waals surface area contributed by atoms with Crippen LogP contribution in [0.3, 0.4) is 0 Å². The van der Waals surface area contributed by atoms with Gasteiger partial charge in [0, 0.05) is 26.1 Å². The van der Waals surface area contributed by atoms with E-state index in [-0.39, 0.29) is 12.5 Å². The quantitative estimate of drug-likeness (QED) is 0.458. The predicted molar refractivity (Wildman–Crippen MR) is 71.2 cm³/mol. The first kappa shape index (κ1) is 14.8. The van der Waals surface area contributed by atoms with Crippen molar-refractivity contribution in [3.8, 4) is 0 Å². The van der Waals surface area contributed by atoms with E-state index in [1.807, 2.05) is 6.92 Å². The number of likely N-dealkylation sites (tertiary alicyclic amines) is 1. The van der Waals surface area contributed by atoms with E-state index < -0.39 is 0 Å². The lowest BCUT2D eigenvalue weighted by molar-refractivity contribution is -0.119. The van der Waals surface area contributed by atoms with Crippen LogP contribution in [0.5, 0.6) is 0 Å². The molecule has 1 aliphatic rings. The van der Waals surface area contributed by atoms with Crippen molar-refractivity contribution < 1.29 is 9.90 Å². The van der Waals surface area contributed by atoms with Gasteiger partial charge < -0.3 is 21.1 Å². The number of rotatable bonds is 5. The molecule has 6 nitrogen and oxygen atoms in total. The van der Waals surface area contributed by atoms with E-state index in [1.165, 1.54) is 0 Å². The Labute approximate surface area is 108 Å². The molecule has 0 radical (unpaired) electrons. The summed E-state index contributed by atoms with van der Waals surface area (Å²) in [6.07, 6.45) is 2.52. The molecule has 4 N–H and O–H groups in total. The number of nitrogens with two attached hydrogens (primary N) is 1. The van der Waals surface area contributed by atoms with Crippen LogP contribution in [0.4, 0.5) is 0 Å². The molecule has 1 aliphatic heterocycles. The number of nitrogens with one attached hydrogen (secondary N) is 1. The van der Waals surface area contributed by atoms with Gasteiger partial charge in [-0.15, -0.1) is 0 Å². The highest BCUT2D eigenvalue weighted by atomic mass is 16.3. The third kappa shape index (κ3) is 4.91. The molecule has 104 valence electrons. The minimum Gasteiger partial charge on any atom is -0.394 e. The Balaban J connectivity index is 2.58. The lowest BCUT2D eigenvalue weighted by Crippen LogP contribution is -2.47. The van der Waals surface area contributed by atoms with Gasteiger partial charge in [-0.1, -0.05) is 0 Å². The molecule has 1 heterocycles. The Bertz CT molecular complexity index is 294. The van der Waals surface area contributed by atoms with Gasteiger partial charge in [-0.05, 0) is 25.7 Å². The molecule has 0 aromatic carbocycles. The first-order valence-electron chi connectivity index (χ1n) is 6.59. The van der Waals surface area contributed by atoms with Crippen LogP contribution >= 0.6 is 0 Å². The number of amides is 1. The third-order valence-electron chi connectivity index (χ3n) is 3.00. The monoisotopic (exact) mass is 256 g/mol. The van der Waals surface area contributed by atoms with Gasteiger partial charge in [0.05, 0.1) is 13.2 Å². The molecule has 0 bridgehead atoms. The number of hydrogen-bond acceptors (Lipinski definition) is 3. The van der Waals surface area contributed by atoms with Crippen molar-refractivity contribution in [1.82, 2.24) is 10.2 Å². The highest BCUT2D eigenvalue weighted by molar-refractivity contribution is 5.80. The number of aliphatic hydroxyl groups excluding tert-OH is 1. The topological polar surface area (TPSA) is 91.0 Å². The maximum absolute atomic E-state index is 11.0. The molecule has 6 heteroatoms. The van der Waals surface area contributed by atoms with Crippen molar-refractivity contribution >= 4 is 11.9 Å². The normalized spacial score (nSPS) is 20.9. The number of aliphatic imine (C=N–C) groups is 1. The van der Waals surface area contributed by atoms with Crippen molar-refractivity contribution in [2.24, 2.45) is 16.6 Å². The Morgan fingerprint density at radius 2 is 2.39 bits per heavy atom. The molecule has 1 amide bonds. The number of nitrogens with zero attached hydrogens (tertiary/aromatic N) is 2. The minimum absolute atomic E-state index is 0.0491. The Morgan fingerprint density at radius 3 is 3.00 bits per heavy atom. The summed E-state index contributed by atoms with van der Waals surface area (Å²) >= 11 is 0. The molecule has 1 rings (SSSR count). The predicted octanol–water partition coefficient (Wildman–Crippen LogP) is -0.468. The van der Waals surface area contributed by atoms with Crippen LogP contribution in [-0.2, 0) is 4.79 Å². The summed E-state index contributed by atoms with van der Waals surface area (Å²) in [6.45, 7) is 5.00. The molecule has 0 saturated carbocycles.